The molecule has 16 N–H and O–H groups in total. The van der Waals surface area contributed by atoms with Crippen molar-refractivity contribution in [2.75, 3.05) is 26.2 Å². The molecular formula is C25H46N10O9. The lowest BCUT2D eigenvalue weighted by molar-refractivity contribution is -0.198. The highest BCUT2D eigenvalue weighted by molar-refractivity contribution is 5.92. The first-order chi connectivity index (χ1) is 20.9. The van der Waals surface area contributed by atoms with Crippen LogP contribution in [0, 0.1) is 0 Å². The van der Waals surface area contributed by atoms with Gasteiger partial charge in [-0.15, -0.1) is 0 Å². The predicted molar refractivity (Wildman–Crippen MR) is 154 cm³/mol. The molecule has 0 radical (unpaired) electrons. The summed E-state index contributed by atoms with van der Waals surface area (Å²) in [5, 5.41) is 44.9. The van der Waals surface area contributed by atoms with Gasteiger partial charge in [0, 0.05) is 38.0 Å². The van der Waals surface area contributed by atoms with E-state index in [-0.39, 0.29) is 37.3 Å². The molecule has 3 rings (SSSR count). The summed E-state index contributed by atoms with van der Waals surface area (Å²) in [6.07, 6.45) is -5.37. The number of aliphatic imine (C=N–C) groups is 1. The van der Waals surface area contributed by atoms with Gasteiger partial charge in [0.05, 0.1) is 18.8 Å². The van der Waals surface area contributed by atoms with Gasteiger partial charge in [-0.3, -0.25) is 14.4 Å². The molecule has 0 aliphatic carbocycles. The molecule has 10 atom stereocenters. The molecule has 2 fully saturated rings. The third-order valence-corrected chi connectivity index (χ3v) is 7.59. The van der Waals surface area contributed by atoms with Crippen LogP contribution in [0.15, 0.2) is 4.99 Å². The highest BCUT2D eigenvalue weighted by atomic mass is 16.6. The van der Waals surface area contributed by atoms with Crippen LogP contribution in [0.1, 0.15) is 38.5 Å². The molecule has 250 valence electrons. The SMILES string of the molecule is NCCC[C@@H](N)CC(=O)NCCC[C@@H](N)CC(=O)NC1C(NC2=N[C@@H]3C(=O)NC[C@@H](O)[C@H]3N2)OC(CO)C(OC(N)=O)C1O. The summed E-state index contributed by atoms with van der Waals surface area (Å²) in [5.74, 6) is -1.12. The van der Waals surface area contributed by atoms with Gasteiger partial charge in [0.15, 0.2) is 24.3 Å². The van der Waals surface area contributed by atoms with E-state index >= 15 is 0 Å². The van der Waals surface area contributed by atoms with Crippen molar-refractivity contribution in [2.45, 2.75) is 99.4 Å². The summed E-state index contributed by atoms with van der Waals surface area (Å²) in [4.78, 5) is 52.9. The Morgan fingerprint density at radius 1 is 1.11 bits per heavy atom. The normalized spacial score (nSPS) is 31.0. The summed E-state index contributed by atoms with van der Waals surface area (Å²) in [6, 6.07) is -3.79. The van der Waals surface area contributed by atoms with Gasteiger partial charge in [-0.25, -0.2) is 9.79 Å². The standard InChI is InChI=1S/C25H46N10O9/c26-5-1-3-11(27)7-15(38)30-6-2-4-12(28)8-16(39)32-19-20(40)21(44-24(29)42)14(10-36)43-23(19)35-25-33-17-13(37)9-31-22(41)18(17)34-25/h11-14,17-21,23,36-37,40H,1-10,26-28H2,(H2,29,42)(H,30,38)(H,31,41)(H,32,39)(H2,33,34,35)/t11-,12-,13-,14?,17-,18+,19?,20?,21?,23?/m1/s1. The van der Waals surface area contributed by atoms with Crippen LogP contribution in [0.4, 0.5) is 4.79 Å². The van der Waals surface area contributed by atoms with Gasteiger partial charge >= 0.3 is 6.09 Å². The lowest BCUT2D eigenvalue weighted by Crippen LogP contribution is -2.70. The molecule has 4 amide bonds. The molecular weight excluding hydrogens is 584 g/mol. The largest absolute Gasteiger partial charge is 0.441 e. The molecule has 0 bridgehead atoms. The predicted octanol–water partition coefficient (Wildman–Crippen LogP) is -6.14. The number of fused-ring (bicyclic) bond motifs is 1. The number of nitrogens with zero attached hydrogens (tertiary/aromatic N) is 1. The molecule has 0 spiro atoms. The monoisotopic (exact) mass is 630 g/mol. The Balaban J connectivity index is 1.57. The average Bonchev–Trinajstić information content (AvgIpc) is 3.40. The fourth-order valence-electron chi connectivity index (χ4n) is 5.31. The molecule has 44 heavy (non-hydrogen) atoms. The highest BCUT2D eigenvalue weighted by Gasteiger charge is 2.49. The number of nitrogens with two attached hydrogens (primary N) is 4. The summed E-state index contributed by atoms with van der Waals surface area (Å²) >= 11 is 0. The lowest BCUT2D eigenvalue weighted by Gasteiger charge is -2.44. The van der Waals surface area contributed by atoms with Crippen molar-refractivity contribution in [3.63, 3.8) is 0 Å². The number of β-amino-alcohol motifs (C(OH)–C–C–N with tert-alkyl or cyclic N) is 1. The fourth-order valence-corrected chi connectivity index (χ4v) is 5.31. The number of ether oxygens (including phenoxy) is 2. The number of nitrogens with one attached hydrogen (secondary N) is 5. The van der Waals surface area contributed by atoms with Crippen LogP contribution in [0.3, 0.4) is 0 Å². The van der Waals surface area contributed by atoms with E-state index in [1.165, 1.54) is 0 Å². The molecule has 0 aromatic heterocycles. The Morgan fingerprint density at radius 3 is 2.43 bits per heavy atom. The zero-order valence-electron chi connectivity index (χ0n) is 24.4. The lowest BCUT2D eigenvalue weighted by atomic mass is 9.95. The number of rotatable bonds is 15. The summed E-state index contributed by atoms with van der Waals surface area (Å²) < 4.78 is 10.8. The van der Waals surface area contributed by atoms with Crippen molar-refractivity contribution in [2.24, 2.45) is 27.9 Å². The quantitative estimate of drug-likeness (QED) is 0.0749. The van der Waals surface area contributed by atoms with Gasteiger partial charge in [0.25, 0.3) is 0 Å². The first-order valence-corrected chi connectivity index (χ1v) is 14.7. The van der Waals surface area contributed by atoms with Crippen molar-refractivity contribution in [3.05, 3.63) is 0 Å². The Bertz CT molecular complexity index is 1040. The number of piperidine rings is 1. The van der Waals surface area contributed by atoms with Crippen LogP contribution in [-0.2, 0) is 23.9 Å². The van der Waals surface area contributed by atoms with E-state index in [2.05, 4.69) is 31.6 Å². The third kappa shape index (κ3) is 9.84. The minimum Gasteiger partial charge on any atom is -0.441 e. The Morgan fingerprint density at radius 2 is 1.80 bits per heavy atom. The molecule has 3 aliphatic rings. The number of carbonyl (C=O) groups is 4. The maximum absolute atomic E-state index is 13.0. The Kier molecular flexibility index (Phi) is 13.3. The van der Waals surface area contributed by atoms with Crippen LogP contribution >= 0.6 is 0 Å². The minimum absolute atomic E-state index is 0.0296. The number of hydrogen-bond donors (Lipinski definition) is 12. The van der Waals surface area contributed by atoms with E-state index < -0.39 is 79.3 Å². The zero-order valence-corrected chi connectivity index (χ0v) is 24.4. The Hall–Kier alpha value is -3.33. The number of carbonyl (C=O) groups excluding carboxylic acids is 4. The summed E-state index contributed by atoms with van der Waals surface area (Å²) in [7, 11) is 0. The van der Waals surface area contributed by atoms with Crippen molar-refractivity contribution < 1.29 is 44.0 Å². The molecule has 2 saturated heterocycles. The number of aliphatic hydroxyl groups is 3. The molecule has 0 aromatic carbocycles. The van der Waals surface area contributed by atoms with Gasteiger partial charge in [0.2, 0.25) is 17.7 Å². The molecule has 19 heteroatoms. The molecule has 0 saturated carbocycles. The molecule has 19 nitrogen and oxygen atoms in total. The maximum atomic E-state index is 13.0. The van der Waals surface area contributed by atoms with Gasteiger partial charge < -0.3 is 74.3 Å². The van der Waals surface area contributed by atoms with Crippen LogP contribution in [0.25, 0.3) is 0 Å². The van der Waals surface area contributed by atoms with E-state index in [9.17, 15) is 34.5 Å². The van der Waals surface area contributed by atoms with E-state index in [1.54, 1.807) is 0 Å². The first kappa shape index (κ1) is 35.2. The van der Waals surface area contributed by atoms with Crippen LogP contribution in [-0.4, -0.2) is 132 Å². The fraction of sp³-hybridized carbons (Fsp3) is 0.800. The van der Waals surface area contributed by atoms with Gasteiger partial charge in [-0.2, -0.15) is 0 Å². The second kappa shape index (κ2) is 16.7. The smallest absolute Gasteiger partial charge is 0.404 e. The van der Waals surface area contributed by atoms with E-state index in [0.29, 0.717) is 32.4 Å². The van der Waals surface area contributed by atoms with E-state index in [0.717, 1.165) is 6.42 Å². The summed E-state index contributed by atoms with van der Waals surface area (Å²) in [5.41, 5.74) is 22.6. The Labute approximate surface area is 254 Å². The van der Waals surface area contributed by atoms with Crippen molar-refractivity contribution >= 4 is 29.8 Å². The zero-order chi connectivity index (χ0) is 32.4. The van der Waals surface area contributed by atoms with Crippen LogP contribution in [0.2, 0.25) is 0 Å². The third-order valence-electron chi connectivity index (χ3n) is 7.59. The highest BCUT2D eigenvalue weighted by Crippen LogP contribution is 2.24. The summed E-state index contributed by atoms with van der Waals surface area (Å²) in [6.45, 7) is 0.203. The molecule has 0 aromatic rings. The van der Waals surface area contributed by atoms with Crippen molar-refractivity contribution in [3.8, 4) is 0 Å². The first-order valence-electron chi connectivity index (χ1n) is 14.7. The molecule has 3 aliphatic heterocycles. The van der Waals surface area contributed by atoms with E-state index in [1.807, 2.05) is 0 Å². The average molecular weight is 631 g/mol. The van der Waals surface area contributed by atoms with E-state index in [4.69, 9.17) is 32.4 Å². The van der Waals surface area contributed by atoms with Gasteiger partial charge in [-0.05, 0) is 32.2 Å². The number of amides is 4. The van der Waals surface area contributed by atoms with Crippen molar-refractivity contribution in [1.82, 2.24) is 26.6 Å². The van der Waals surface area contributed by atoms with Crippen LogP contribution in [0.5, 0.6) is 0 Å². The number of guanidine groups is 1. The number of primary amides is 1. The number of aliphatic hydroxyl groups excluding tert-OH is 3. The van der Waals surface area contributed by atoms with Crippen molar-refractivity contribution in [1.29, 1.82) is 0 Å². The second-order valence-electron chi connectivity index (χ2n) is 11.2. The topological polar surface area (TPSA) is 324 Å². The van der Waals surface area contributed by atoms with Gasteiger partial charge in [-0.1, -0.05) is 0 Å². The van der Waals surface area contributed by atoms with Gasteiger partial charge in [0.1, 0.15) is 18.2 Å². The molecule has 5 unspecified atom stereocenters. The second-order valence-corrected chi connectivity index (χ2v) is 11.2. The number of hydrogen-bond acceptors (Lipinski definition) is 15. The molecule has 3 heterocycles. The maximum Gasteiger partial charge on any atom is 0.404 e. The minimum atomic E-state index is -1.60. The van der Waals surface area contributed by atoms with Crippen LogP contribution < -0.4 is 49.5 Å².